The summed E-state index contributed by atoms with van der Waals surface area (Å²) in [6.07, 6.45) is 1.73. The van der Waals surface area contributed by atoms with Crippen molar-refractivity contribution in [3.63, 3.8) is 0 Å². The molecule has 1 aromatic heterocycles. The molecule has 2 aromatic rings. The van der Waals surface area contributed by atoms with Gasteiger partial charge in [0, 0.05) is 33.7 Å². The van der Waals surface area contributed by atoms with E-state index in [1.807, 2.05) is 45.3 Å². The molecule has 9 heteroatoms. The summed E-state index contributed by atoms with van der Waals surface area (Å²) in [6.45, 7) is 6.73. The second-order valence-electron chi connectivity index (χ2n) is 6.72. The summed E-state index contributed by atoms with van der Waals surface area (Å²) in [4.78, 5) is 17.1. The normalized spacial score (nSPS) is 15.0. The third-order valence-electron chi connectivity index (χ3n) is 4.17. The molecule has 2 heterocycles. The van der Waals surface area contributed by atoms with Gasteiger partial charge in [-0.05, 0) is 12.5 Å². The zero-order valence-corrected chi connectivity index (χ0v) is 16.6. The highest BCUT2D eigenvalue weighted by Crippen LogP contribution is 2.13. The average molecular weight is 385 g/mol. The van der Waals surface area contributed by atoms with Gasteiger partial charge < -0.3 is 14.4 Å². The van der Waals surface area contributed by atoms with E-state index in [4.69, 9.17) is 9.47 Å². The van der Waals surface area contributed by atoms with Crippen LogP contribution < -0.4 is 15.1 Å². The van der Waals surface area contributed by atoms with E-state index in [9.17, 15) is 0 Å². The second kappa shape index (κ2) is 9.95. The van der Waals surface area contributed by atoms with Crippen molar-refractivity contribution in [3.05, 3.63) is 35.4 Å². The minimum absolute atomic E-state index is 0.278. The lowest BCUT2D eigenvalue weighted by Crippen LogP contribution is -2.38. The minimum Gasteiger partial charge on any atom is -0.462 e. The Kier molecular flexibility index (Phi) is 7.10. The van der Waals surface area contributed by atoms with Gasteiger partial charge in [0.05, 0.1) is 19.4 Å². The van der Waals surface area contributed by atoms with E-state index in [1.165, 1.54) is 5.56 Å². The minimum atomic E-state index is 0.278. The van der Waals surface area contributed by atoms with Crippen molar-refractivity contribution in [1.29, 1.82) is 0 Å². The van der Waals surface area contributed by atoms with Crippen LogP contribution in [-0.2, 0) is 4.74 Å². The van der Waals surface area contributed by atoms with E-state index in [0.29, 0.717) is 18.5 Å². The standard InChI is InChI=1S/C19H27N7O2/c1-15-5-4-6-16(13-15)14-20-24-17-21-18(25(2)3)23-19(22-17)28-12-9-26-7-10-27-11-8-26/h4-6,13-14H,7-12H2,1-3H3,(H,21,22,23,24). The molecule has 1 fully saturated rings. The maximum Gasteiger partial charge on any atom is 0.323 e. The highest BCUT2D eigenvalue weighted by Gasteiger charge is 2.12. The molecule has 1 aliphatic heterocycles. The Morgan fingerprint density at radius 1 is 1.25 bits per heavy atom. The number of nitrogens with one attached hydrogen (secondary N) is 1. The van der Waals surface area contributed by atoms with Gasteiger partial charge in [0.1, 0.15) is 6.61 Å². The molecule has 1 N–H and O–H groups in total. The van der Waals surface area contributed by atoms with Gasteiger partial charge in [-0.15, -0.1) is 0 Å². The highest BCUT2D eigenvalue weighted by molar-refractivity contribution is 5.80. The van der Waals surface area contributed by atoms with Crippen molar-refractivity contribution in [2.24, 2.45) is 5.10 Å². The zero-order chi connectivity index (χ0) is 19.8. The summed E-state index contributed by atoms with van der Waals surface area (Å²) in [5, 5.41) is 4.22. The molecule has 1 aromatic carbocycles. The highest BCUT2D eigenvalue weighted by atomic mass is 16.5. The first-order chi connectivity index (χ1) is 13.6. The van der Waals surface area contributed by atoms with Crippen molar-refractivity contribution >= 4 is 18.1 Å². The van der Waals surface area contributed by atoms with E-state index >= 15 is 0 Å². The number of rotatable bonds is 8. The van der Waals surface area contributed by atoms with E-state index in [-0.39, 0.29) is 6.01 Å². The third-order valence-corrected chi connectivity index (χ3v) is 4.17. The molecule has 0 amide bonds. The molecular weight excluding hydrogens is 358 g/mol. The number of benzene rings is 1. The number of hydrogen-bond donors (Lipinski definition) is 1. The molecule has 1 saturated heterocycles. The first kappa shape index (κ1) is 20.0. The van der Waals surface area contributed by atoms with Crippen molar-refractivity contribution < 1.29 is 9.47 Å². The van der Waals surface area contributed by atoms with Gasteiger partial charge in [-0.3, -0.25) is 4.90 Å². The topological polar surface area (TPSA) is 88.0 Å². The zero-order valence-electron chi connectivity index (χ0n) is 16.6. The fourth-order valence-corrected chi connectivity index (χ4v) is 2.67. The van der Waals surface area contributed by atoms with Crippen LogP contribution >= 0.6 is 0 Å². The molecule has 0 radical (unpaired) electrons. The molecule has 150 valence electrons. The molecule has 0 spiro atoms. The summed E-state index contributed by atoms with van der Waals surface area (Å²) in [5.41, 5.74) is 5.03. The Bertz CT molecular complexity index is 792. The molecule has 3 rings (SSSR count). The van der Waals surface area contributed by atoms with E-state index in [1.54, 1.807) is 11.1 Å². The van der Waals surface area contributed by atoms with Gasteiger partial charge in [0.2, 0.25) is 5.95 Å². The second-order valence-corrected chi connectivity index (χ2v) is 6.72. The first-order valence-corrected chi connectivity index (χ1v) is 9.32. The summed E-state index contributed by atoms with van der Waals surface area (Å²) in [6, 6.07) is 8.34. The van der Waals surface area contributed by atoms with Gasteiger partial charge in [-0.25, -0.2) is 5.43 Å². The predicted molar refractivity (Wildman–Crippen MR) is 109 cm³/mol. The van der Waals surface area contributed by atoms with Crippen LogP contribution in [0.2, 0.25) is 0 Å². The third kappa shape index (κ3) is 6.14. The Morgan fingerprint density at radius 3 is 2.82 bits per heavy atom. The maximum atomic E-state index is 5.76. The van der Waals surface area contributed by atoms with Crippen LogP contribution in [0.4, 0.5) is 11.9 Å². The van der Waals surface area contributed by atoms with Gasteiger partial charge in [-0.1, -0.05) is 29.8 Å². The van der Waals surface area contributed by atoms with Gasteiger partial charge in [0.15, 0.2) is 0 Å². The summed E-state index contributed by atoms with van der Waals surface area (Å²) in [5.74, 6) is 0.841. The number of aromatic nitrogens is 3. The number of nitrogens with zero attached hydrogens (tertiary/aromatic N) is 6. The SMILES string of the molecule is Cc1cccc(C=NNc2nc(OCCN3CCOCC3)nc(N(C)C)n2)c1. The van der Waals surface area contributed by atoms with Crippen LogP contribution in [-0.4, -0.2) is 79.6 Å². The first-order valence-electron chi connectivity index (χ1n) is 9.32. The number of aryl methyl sites for hydroxylation is 1. The van der Waals surface area contributed by atoms with Crippen LogP contribution in [0.15, 0.2) is 29.4 Å². The lowest BCUT2D eigenvalue weighted by Gasteiger charge is -2.26. The number of hydrogen-bond acceptors (Lipinski definition) is 9. The fraction of sp³-hybridized carbons (Fsp3) is 0.474. The molecule has 0 saturated carbocycles. The molecule has 9 nitrogen and oxygen atoms in total. The van der Waals surface area contributed by atoms with Crippen LogP contribution in [0.1, 0.15) is 11.1 Å². The molecule has 0 atom stereocenters. The summed E-state index contributed by atoms with van der Waals surface area (Å²) in [7, 11) is 3.74. The Morgan fingerprint density at radius 2 is 2.07 bits per heavy atom. The van der Waals surface area contributed by atoms with Crippen molar-refractivity contribution in [2.45, 2.75) is 6.92 Å². The van der Waals surface area contributed by atoms with E-state index in [2.05, 4.69) is 30.4 Å². The van der Waals surface area contributed by atoms with Gasteiger partial charge in [0.25, 0.3) is 5.95 Å². The van der Waals surface area contributed by atoms with Crippen molar-refractivity contribution in [2.75, 3.05) is 63.9 Å². The Balaban J connectivity index is 1.61. The van der Waals surface area contributed by atoms with Crippen LogP contribution in [0, 0.1) is 6.92 Å². The molecule has 0 aliphatic carbocycles. The molecule has 1 aliphatic rings. The van der Waals surface area contributed by atoms with Crippen molar-refractivity contribution in [1.82, 2.24) is 19.9 Å². The smallest absolute Gasteiger partial charge is 0.323 e. The van der Waals surface area contributed by atoms with Crippen LogP contribution in [0.25, 0.3) is 0 Å². The largest absolute Gasteiger partial charge is 0.462 e. The van der Waals surface area contributed by atoms with Crippen LogP contribution in [0.3, 0.4) is 0 Å². The number of ether oxygens (including phenoxy) is 2. The van der Waals surface area contributed by atoms with Gasteiger partial charge >= 0.3 is 6.01 Å². The predicted octanol–water partition coefficient (Wildman–Crippen LogP) is 1.40. The monoisotopic (exact) mass is 385 g/mol. The Hall–Kier alpha value is -2.78. The lowest BCUT2D eigenvalue weighted by molar-refractivity contribution is 0.0317. The van der Waals surface area contributed by atoms with Crippen LogP contribution in [0.5, 0.6) is 6.01 Å². The summed E-state index contributed by atoms with van der Waals surface area (Å²) >= 11 is 0. The van der Waals surface area contributed by atoms with E-state index in [0.717, 1.165) is 38.4 Å². The molecule has 0 unspecified atom stereocenters. The molecule has 28 heavy (non-hydrogen) atoms. The molecular formula is C19H27N7O2. The lowest BCUT2D eigenvalue weighted by atomic mass is 10.2. The number of hydrazone groups is 1. The van der Waals surface area contributed by atoms with Gasteiger partial charge in [-0.2, -0.15) is 20.1 Å². The van der Waals surface area contributed by atoms with E-state index < -0.39 is 0 Å². The molecule has 0 bridgehead atoms. The fourth-order valence-electron chi connectivity index (χ4n) is 2.67. The number of anilines is 2. The Labute approximate surface area is 165 Å². The maximum absolute atomic E-state index is 5.76. The van der Waals surface area contributed by atoms with Crippen molar-refractivity contribution in [3.8, 4) is 6.01 Å². The average Bonchev–Trinajstić information content (AvgIpc) is 2.69. The number of morpholine rings is 1. The summed E-state index contributed by atoms with van der Waals surface area (Å²) < 4.78 is 11.1. The quantitative estimate of drug-likeness (QED) is 0.539.